The normalized spacial score (nSPS) is 14.4. The predicted molar refractivity (Wildman–Crippen MR) is 81.8 cm³/mol. The number of aryl methyl sites for hydroxylation is 1. The van der Waals surface area contributed by atoms with Gasteiger partial charge in [-0.2, -0.15) is 10.2 Å². The summed E-state index contributed by atoms with van der Waals surface area (Å²) < 4.78 is 0. The summed E-state index contributed by atoms with van der Waals surface area (Å²) in [5.41, 5.74) is 5.86. The summed E-state index contributed by atoms with van der Waals surface area (Å²) in [6.07, 6.45) is 3.83. The molecule has 0 atom stereocenters. The fraction of sp³-hybridized carbons (Fsp3) is 0.500. The van der Waals surface area contributed by atoms with Gasteiger partial charge in [0.05, 0.1) is 17.9 Å². The van der Waals surface area contributed by atoms with E-state index < -0.39 is 0 Å². The summed E-state index contributed by atoms with van der Waals surface area (Å²) >= 11 is 1.68. The van der Waals surface area contributed by atoms with Gasteiger partial charge in [-0.1, -0.05) is 6.92 Å². The number of aromatic nitrogens is 2. The third-order valence-corrected chi connectivity index (χ3v) is 4.69. The molecule has 0 aliphatic heterocycles. The van der Waals surface area contributed by atoms with Crippen LogP contribution in [0.4, 0.5) is 11.8 Å². The SMILES string of the molecule is CCc1cc2c(N(CCC#N)C3CC3)nc(N)nc2s1. The van der Waals surface area contributed by atoms with Crippen LogP contribution in [0.3, 0.4) is 0 Å². The second-order valence-corrected chi connectivity index (χ2v) is 6.14. The molecular formula is C14H17N5S. The smallest absolute Gasteiger partial charge is 0.223 e. The van der Waals surface area contributed by atoms with E-state index in [1.807, 2.05) is 0 Å². The molecule has 6 heteroatoms. The molecule has 0 bridgehead atoms. The molecule has 104 valence electrons. The summed E-state index contributed by atoms with van der Waals surface area (Å²) in [5, 5.41) is 9.92. The first-order valence-electron chi connectivity index (χ1n) is 6.92. The average Bonchev–Trinajstić information content (AvgIpc) is 3.18. The molecule has 0 radical (unpaired) electrons. The van der Waals surface area contributed by atoms with Crippen LogP contribution >= 0.6 is 11.3 Å². The Morgan fingerprint density at radius 2 is 2.30 bits per heavy atom. The first-order chi connectivity index (χ1) is 9.72. The summed E-state index contributed by atoms with van der Waals surface area (Å²) in [5.74, 6) is 1.22. The van der Waals surface area contributed by atoms with Gasteiger partial charge in [-0.05, 0) is 25.3 Å². The van der Waals surface area contributed by atoms with E-state index in [0.717, 1.165) is 22.5 Å². The van der Waals surface area contributed by atoms with Crippen LogP contribution in [0.1, 0.15) is 31.1 Å². The van der Waals surface area contributed by atoms with Crippen molar-refractivity contribution in [2.45, 2.75) is 38.6 Å². The monoisotopic (exact) mass is 287 g/mol. The number of rotatable bonds is 5. The molecule has 2 aromatic heterocycles. The first-order valence-corrected chi connectivity index (χ1v) is 7.74. The molecule has 2 heterocycles. The first kappa shape index (κ1) is 13.1. The summed E-state index contributed by atoms with van der Waals surface area (Å²) in [4.78, 5) is 13.3. The Morgan fingerprint density at radius 1 is 1.50 bits per heavy atom. The zero-order chi connectivity index (χ0) is 14.1. The lowest BCUT2D eigenvalue weighted by Gasteiger charge is -2.23. The van der Waals surface area contributed by atoms with Gasteiger partial charge in [0.25, 0.3) is 0 Å². The topological polar surface area (TPSA) is 78.8 Å². The number of nitrogens with zero attached hydrogens (tertiary/aromatic N) is 4. The van der Waals surface area contributed by atoms with E-state index in [-0.39, 0.29) is 0 Å². The lowest BCUT2D eigenvalue weighted by Crippen LogP contribution is -2.28. The predicted octanol–water partition coefficient (Wildman–Crippen LogP) is 2.72. The number of nitrogens with two attached hydrogens (primary N) is 1. The maximum Gasteiger partial charge on any atom is 0.223 e. The fourth-order valence-electron chi connectivity index (χ4n) is 2.38. The highest BCUT2D eigenvalue weighted by molar-refractivity contribution is 7.18. The highest BCUT2D eigenvalue weighted by Gasteiger charge is 2.31. The number of hydrogen-bond donors (Lipinski definition) is 1. The van der Waals surface area contributed by atoms with Crippen molar-refractivity contribution >= 4 is 33.3 Å². The third-order valence-electron chi connectivity index (χ3n) is 3.51. The maximum absolute atomic E-state index is 8.84. The van der Waals surface area contributed by atoms with Gasteiger partial charge in [0.1, 0.15) is 10.6 Å². The maximum atomic E-state index is 8.84. The molecule has 2 N–H and O–H groups in total. The molecule has 20 heavy (non-hydrogen) atoms. The van der Waals surface area contributed by atoms with Crippen LogP contribution in [0, 0.1) is 11.3 Å². The molecule has 1 saturated carbocycles. The van der Waals surface area contributed by atoms with Crippen molar-refractivity contribution in [1.29, 1.82) is 5.26 Å². The summed E-state index contributed by atoms with van der Waals surface area (Å²) in [6, 6.07) is 4.88. The zero-order valence-electron chi connectivity index (χ0n) is 11.5. The van der Waals surface area contributed by atoms with Crippen LogP contribution in [0.5, 0.6) is 0 Å². The summed E-state index contributed by atoms with van der Waals surface area (Å²) in [7, 11) is 0. The largest absolute Gasteiger partial charge is 0.368 e. The van der Waals surface area contributed by atoms with Gasteiger partial charge >= 0.3 is 0 Å². The number of thiophene rings is 1. The Kier molecular flexibility index (Phi) is 3.45. The van der Waals surface area contributed by atoms with E-state index in [0.29, 0.717) is 25.0 Å². The van der Waals surface area contributed by atoms with E-state index in [9.17, 15) is 0 Å². The van der Waals surface area contributed by atoms with Crippen molar-refractivity contribution in [3.8, 4) is 6.07 Å². The van der Waals surface area contributed by atoms with Crippen LogP contribution in [-0.2, 0) is 6.42 Å². The van der Waals surface area contributed by atoms with Gasteiger partial charge in [0, 0.05) is 17.5 Å². The van der Waals surface area contributed by atoms with Crippen LogP contribution in [0.2, 0.25) is 0 Å². The highest BCUT2D eigenvalue weighted by atomic mass is 32.1. The minimum Gasteiger partial charge on any atom is -0.368 e. The molecule has 1 fully saturated rings. The van der Waals surface area contributed by atoms with E-state index in [1.54, 1.807) is 11.3 Å². The van der Waals surface area contributed by atoms with Crippen LogP contribution < -0.4 is 10.6 Å². The second kappa shape index (κ2) is 5.25. The van der Waals surface area contributed by atoms with Crippen molar-refractivity contribution in [3.63, 3.8) is 0 Å². The highest BCUT2D eigenvalue weighted by Crippen LogP contribution is 2.37. The Hall–Kier alpha value is -1.87. The quantitative estimate of drug-likeness (QED) is 0.914. The van der Waals surface area contributed by atoms with Crippen molar-refractivity contribution in [2.75, 3.05) is 17.2 Å². The molecule has 0 saturated heterocycles. The zero-order valence-corrected chi connectivity index (χ0v) is 12.3. The molecule has 0 unspecified atom stereocenters. The third kappa shape index (κ3) is 2.41. The molecule has 5 nitrogen and oxygen atoms in total. The van der Waals surface area contributed by atoms with Gasteiger partial charge < -0.3 is 10.6 Å². The fourth-order valence-corrected chi connectivity index (χ4v) is 3.35. The Labute approximate surface area is 122 Å². The minimum atomic E-state index is 0.319. The number of nitriles is 1. The van der Waals surface area contributed by atoms with E-state index in [1.165, 1.54) is 17.7 Å². The minimum absolute atomic E-state index is 0.319. The molecular weight excluding hydrogens is 270 g/mol. The molecule has 1 aliphatic carbocycles. The Bertz CT molecular complexity index is 668. The van der Waals surface area contributed by atoms with Crippen molar-refractivity contribution in [1.82, 2.24) is 9.97 Å². The Balaban J connectivity index is 2.07. The number of nitrogen functional groups attached to an aromatic ring is 1. The van der Waals surface area contributed by atoms with Gasteiger partial charge in [0.2, 0.25) is 5.95 Å². The van der Waals surface area contributed by atoms with E-state index >= 15 is 0 Å². The molecule has 0 spiro atoms. The molecule has 3 rings (SSSR count). The molecule has 1 aliphatic rings. The second-order valence-electron chi connectivity index (χ2n) is 5.02. The van der Waals surface area contributed by atoms with Crippen LogP contribution in [0.15, 0.2) is 6.07 Å². The van der Waals surface area contributed by atoms with Crippen molar-refractivity contribution in [3.05, 3.63) is 10.9 Å². The molecule has 0 aromatic carbocycles. The summed E-state index contributed by atoms with van der Waals surface area (Å²) in [6.45, 7) is 2.85. The van der Waals surface area contributed by atoms with Gasteiger partial charge in [0.15, 0.2) is 0 Å². The lowest BCUT2D eigenvalue weighted by atomic mass is 10.2. The standard InChI is InChI=1S/C14H17N5S/c1-2-10-8-11-12(17-14(16)18-13(11)20-10)19(7-3-6-15)9-4-5-9/h8-9H,2-5,7H2,1H3,(H2,16,17,18). The molecule has 2 aromatic rings. The number of fused-ring (bicyclic) bond motifs is 1. The Morgan fingerprint density at radius 3 is 2.95 bits per heavy atom. The van der Waals surface area contributed by atoms with Crippen molar-refractivity contribution in [2.24, 2.45) is 0 Å². The van der Waals surface area contributed by atoms with Gasteiger partial charge in [-0.15, -0.1) is 11.3 Å². The number of anilines is 2. The van der Waals surface area contributed by atoms with E-state index in [2.05, 4.69) is 33.9 Å². The number of hydrogen-bond acceptors (Lipinski definition) is 6. The lowest BCUT2D eigenvalue weighted by molar-refractivity contribution is 0.782. The van der Waals surface area contributed by atoms with Crippen LogP contribution in [0.25, 0.3) is 10.2 Å². The average molecular weight is 287 g/mol. The van der Waals surface area contributed by atoms with Crippen molar-refractivity contribution < 1.29 is 0 Å². The molecule has 0 amide bonds. The van der Waals surface area contributed by atoms with Gasteiger partial charge in [-0.3, -0.25) is 0 Å². The van der Waals surface area contributed by atoms with Gasteiger partial charge in [-0.25, -0.2) is 4.98 Å². The van der Waals surface area contributed by atoms with E-state index in [4.69, 9.17) is 11.0 Å². The van der Waals surface area contributed by atoms with Crippen LogP contribution in [-0.4, -0.2) is 22.6 Å².